The molecular formula is C17H15N3O. The highest BCUT2D eigenvalue weighted by atomic mass is 16.1. The van der Waals surface area contributed by atoms with Gasteiger partial charge in [0.2, 0.25) is 5.78 Å². The Bertz CT molecular complexity index is 771. The van der Waals surface area contributed by atoms with E-state index in [2.05, 4.69) is 15.4 Å². The Morgan fingerprint density at radius 2 is 1.62 bits per heavy atom. The predicted octanol–water partition coefficient (Wildman–Crippen LogP) is 3.32. The molecule has 3 rings (SSSR count). The lowest BCUT2D eigenvalue weighted by molar-refractivity contribution is 0.103. The summed E-state index contributed by atoms with van der Waals surface area (Å²) in [6, 6.07) is 15.4. The van der Waals surface area contributed by atoms with Crippen molar-refractivity contribution in [1.82, 2.24) is 15.4 Å². The van der Waals surface area contributed by atoms with E-state index in [4.69, 9.17) is 0 Å². The first kappa shape index (κ1) is 13.2. The van der Waals surface area contributed by atoms with Gasteiger partial charge in [0, 0.05) is 11.1 Å². The van der Waals surface area contributed by atoms with Gasteiger partial charge in [-0.15, -0.1) is 0 Å². The van der Waals surface area contributed by atoms with Crippen LogP contribution in [0, 0.1) is 13.8 Å². The summed E-state index contributed by atoms with van der Waals surface area (Å²) in [5.74, 6) is -0.116. The zero-order chi connectivity index (χ0) is 14.8. The number of aromatic amines is 1. The van der Waals surface area contributed by atoms with Crippen LogP contribution in [0.3, 0.4) is 0 Å². The van der Waals surface area contributed by atoms with Crippen molar-refractivity contribution in [2.75, 3.05) is 0 Å². The van der Waals surface area contributed by atoms with Gasteiger partial charge in [-0.05, 0) is 26.0 Å². The zero-order valence-corrected chi connectivity index (χ0v) is 11.9. The van der Waals surface area contributed by atoms with E-state index in [1.807, 2.05) is 62.4 Å². The molecule has 1 N–H and O–H groups in total. The fraction of sp³-hybridized carbons (Fsp3) is 0.118. The van der Waals surface area contributed by atoms with Crippen LogP contribution in [-0.4, -0.2) is 21.2 Å². The molecule has 0 saturated heterocycles. The average Bonchev–Trinajstić information content (AvgIpc) is 2.95. The van der Waals surface area contributed by atoms with Crippen molar-refractivity contribution >= 4 is 5.78 Å². The molecule has 21 heavy (non-hydrogen) atoms. The van der Waals surface area contributed by atoms with Gasteiger partial charge < -0.3 is 0 Å². The molecule has 0 spiro atoms. The lowest BCUT2D eigenvalue weighted by atomic mass is 10.00. The summed E-state index contributed by atoms with van der Waals surface area (Å²) in [5, 5.41) is 10.7. The molecule has 0 amide bonds. The SMILES string of the molecule is Cc1cc(C)cc(C(=O)c2n[nH]nc2-c2ccccc2)c1. The van der Waals surface area contributed by atoms with Gasteiger partial charge in [-0.1, -0.05) is 47.5 Å². The fourth-order valence-electron chi connectivity index (χ4n) is 2.43. The lowest BCUT2D eigenvalue weighted by Gasteiger charge is -2.04. The molecule has 0 unspecified atom stereocenters. The molecular weight excluding hydrogens is 262 g/mol. The monoisotopic (exact) mass is 277 g/mol. The van der Waals surface area contributed by atoms with Crippen molar-refractivity contribution in [1.29, 1.82) is 0 Å². The van der Waals surface area contributed by atoms with Gasteiger partial charge in [-0.25, -0.2) is 0 Å². The summed E-state index contributed by atoms with van der Waals surface area (Å²) >= 11 is 0. The molecule has 0 radical (unpaired) electrons. The Morgan fingerprint density at radius 1 is 0.952 bits per heavy atom. The third-order valence-electron chi connectivity index (χ3n) is 3.29. The van der Waals surface area contributed by atoms with E-state index in [0.29, 0.717) is 17.0 Å². The fourth-order valence-corrected chi connectivity index (χ4v) is 2.43. The summed E-state index contributed by atoms with van der Waals surface area (Å²) in [6.45, 7) is 3.95. The molecule has 104 valence electrons. The highest BCUT2D eigenvalue weighted by molar-refractivity contribution is 6.11. The second kappa shape index (κ2) is 5.32. The molecule has 1 heterocycles. The first-order valence-corrected chi connectivity index (χ1v) is 6.74. The third-order valence-corrected chi connectivity index (χ3v) is 3.29. The van der Waals surface area contributed by atoms with E-state index in [1.54, 1.807) is 0 Å². The number of carbonyl (C=O) groups is 1. The largest absolute Gasteiger partial charge is 0.287 e. The van der Waals surface area contributed by atoms with E-state index in [0.717, 1.165) is 16.7 Å². The van der Waals surface area contributed by atoms with Crippen molar-refractivity contribution in [2.24, 2.45) is 0 Å². The summed E-state index contributed by atoms with van der Waals surface area (Å²) in [5.41, 5.74) is 4.56. The minimum atomic E-state index is -0.116. The number of nitrogens with zero attached hydrogens (tertiary/aromatic N) is 2. The van der Waals surface area contributed by atoms with Crippen LogP contribution in [0.5, 0.6) is 0 Å². The minimum absolute atomic E-state index is 0.116. The zero-order valence-electron chi connectivity index (χ0n) is 11.9. The van der Waals surface area contributed by atoms with E-state index >= 15 is 0 Å². The number of carbonyl (C=O) groups excluding carboxylic acids is 1. The number of nitrogens with one attached hydrogen (secondary N) is 1. The number of ketones is 1. The first-order valence-electron chi connectivity index (χ1n) is 6.74. The van der Waals surface area contributed by atoms with E-state index in [9.17, 15) is 4.79 Å². The maximum Gasteiger partial charge on any atom is 0.215 e. The molecule has 4 heteroatoms. The highest BCUT2D eigenvalue weighted by Crippen LogP contribution is 2.22. The second-order valence-electron chi connectivity index (χ2n) is 5.09. The van der Waals surface area contributed by atoms with Crippen molar-refractivity contribution in [2.45, 2.75) is 13.8 Å². The number of H-pyrrole nitrogens is 1. The summed E-state index contributed by atoms with van der Waals surface area (Å²) in [6.07, 6.45) is 0. The second-order valence-corrected chi connectivity index (χ2v) is 5.09. The van der Waals surface area contributed by atoms with Gasteiger partial charge in [0.1, 0.15) is 5.69 Å². The molecule has 2 aromatic carbocycles. The van der Waals surface area contributed by atoms with E-state index < -0.39 is 0 Å². The van der Waals surface area contributed by atoms with E-state index in [1.165, 1.54) is 0 Å². The molecule has 0 saturated carbocycles. The smallest absolute Gasteiger partial charge is 0.215 e. The number of aromatic nitrogens is 3. The normalized spacial score (nSPS) is 10.6. The maximum absolute atomic E-state index is 12.7. The van der Waals surface area contributed by atoms with Crippen molar-refractivity contribution in [3.8, 4) is 11.3 Å². The Labute approximate surface area is 122 Å². The number of benzene rings is 2. The number of hydrogen-bond acceptors (Lipinski definition) is 3. The Hall–Kier alpha value is -2.75. The van der Waals surface area contributed by atoms with E-state index in [-0.39, 0.29) is 5.78 Å². The molecule has 4 nitrogen and oxygen atoms in total. The topological polar surface area (TPSA) is 58.6 Å². The lowest BCUT2D eigenvalue weighted by Crippen LogP contribution is -2.05. The number of hydrogen-bond donors (Lipinski definition) is 1. The van der Waals surface area contributed by atoms with Gasteiger partial charge in [0.05, 0.1) is 0 Å². The van der Waals surface area contributed by atoms with Crippen LogP contribution in [-0.2, 0) is 0 Å². The van der Waals surface area contributed by atoms with Crippen LogP contribution in [0.25, 0.3) is 11.3 Å². The number of rotatable bonds is 3. The summed E-state index contributed by atoms with van der Waals surface area (Å²) in [4.78, 5) is 12.7. The van der Waals surface area contributed by atoms with Crippen molar-refractivity contribution in [3.63, 3.8) is 0 Å². The van der Waals surface area contributed by atoms with Gasteiger partial charge >= 0.3 is 0 Å². The molecule has 0 aliphatic heterocycles. The van der Waals surface area contributed by atoms with Gasteiger partial charge in [0.25, 0.3) is 0 Å². The summed E-state index contributed by atoms with van der Waals surface area (Å²) in [7, 11) is 0. The van der Waals surface area contributed by atoms with Crippen molar-refractivity contribution < 1.29 is 4.79 Å². The quantitative estimate of drug-likeness (QED) is 0.747. The Balaban J connectivity index is 2.06. The van der Waals surface area contributed by atoms with Gasteiger partial charge in [0.15, 0.2) is 5.69 Å². The Kier molecular flexibility index (Phi) is 3.36. The third kappa shape index (κ3) is 2.60. The predicted molar refractivity (Wildman–Crippen MR) is 81.2 cm³/mol. The van der Waals surface area contributed by atoms with Gasteiger partial charge in [-0.2, -0.15) is 15.4 Å². The van der Waals surface area contributed by atoms with Crippen molar-refractivity contribution in [3.05, 3.63) is 70.9 Å². The average molecular weight is 277 g/mol. The van der Waals surface area contributed by atoms with Crippen LogP contribution in [0.2, 0.25) is 0 Å². The van der Waals surface area contributed by atoms with Gasteiger partial charge in [-0.3, -0.25) is 4.79 Å². The van der Waals surface area contributed by atoms with Crippen LogP contribution in [0.1, 0.15) is 27.2 Å². The Morgan fingerprint density at radius 3 is 2.29 bits per heavy atom. The molecule has 0 atom stereocenters. The molecule has 1 aromatic heterocycles. The molecule has 3 aromatic rings. The van der Waals surface area contributed by atoms with Crippen LogP contribution >= 0.6 is 0 Å². The minimum Gasteiger partial charge on any atom is -0.287 e. The molecule has 0 fully saturated rings. The maximum atomic E-state index is 12.7. The molecule has 0 aliphatic rings. The summed E-state index contributed by atoms with van der Waals surface area (Å²) < 4.78 is 0. The highest BCUT2D eigenvalue weighted by Gasteiger charge is 2.19. The van der Waals surface area contributed by atoms with Crippen LogP contribution in [0.4, 0.5) is 0 Å². The number of aryl methyl sites for hydroxylation is 2. The molecule has 0 aliphatic carbocycles. The van der Waals surface area contributed by atoms with Crippen LogP contribution < -0.4 is 0 Å². The first-order chi connectivity index (χ1) is 10.1. The molecule has 0 bridgehead atoms. The van der Waals surface area contributed by atoms with Crippen LogP contribution in [0.15, 0.2) is 48.5 Å². The standard InChI is InChI=1S/C17H15N3O/c1-11-8-12(2)10-14(9-11)17(21)16-15(18-20-19-16)13-6-4-3-5-7-13/h3-10H,1-2H3,(H,18,19,20).